The van der Waals surface area contributed by atoms with Crippen molar-refractivity contribution in [1.82, 2.24) is 30.0 Å². The maximum Gasteiger partial charge on any atom is 0.433 e. The average molecular weight is 774 g/mol. The predicted molar refractivity (Wildman–Crippen MR) is 200 cm³/mol. The van der Waals surface area contributed by atoms with Crippen LogP contribution in [0.2, 0.25) is 0 Å². The lowest BCUT2D eigenvalue weighted by molar-refractivity contribution is -0.141. The van der Waals surface area contributed by atoms with Gasteiger partial charge in [0.15, 0.2) is 0 Å². The number of anilines is 3. The molecule has 292 valence electrons. The van der Waals surface area contributed by atoms with Crippen LogP contribution >= 0.6 is 0 Å². The van der Waals surface area contributed by atoms with Crippen LogP contribution in [0.1, 0.15) is 54.3 Å². The third kappa shape index (κ3) is 7.42. The summed E-state index contributed by atoms with van der Waals surface area (Å²) in [5, 5.41) is 11.4. The zero-order chi connectivity index (χ0) is 39.1. The van der Waals surface area contributed by atoms with Gasteiger partial charge in [0.1, 0.15) is 23.0 Å². The fraction of sp³-hybridized carbons (Fsp3) is 0.385. The molecule has 8 rings (SSSR count). The normalized spacial score (nSPS) is 19.7. The van der Waals surface area contributed by atoms with E-state index in [4.69, 9.17) is 9.84 Å². The number of carbonyl (C=O) groups excluding carboxylic acids is 3. The van der Waals surface area contributed by atoms with Gasteiger partial charge in [0.2, 0.25) is 5.91 Å². The number of nitrogens with zero attached hydrogens (tertiary/aromatic N) is 7. The second-order valence-electron chi connectivity index (χ2n) is 14.4. The predicted octanol–water partition coefficient (Wildman–Crippen LogP) is 6.40. The fourth-order valence-electron chi connectivity index (χ4n) is 8.05. The average Bonchev–Trinajstić information content (AvgIpc) is 3.61. The van der Waals surface area contributed by atoms with Gasteiger partial charge in [-0.05, 0) is 61.9 Å². The van der Waals surface area contributed by atoms with Crippen molar-refractivity contribution < 1.29 is 36.7 Å². The molecule has 2 aromatic carbocycles. The standard InChI is InChI=1S/C39H39F4N9O4/c1-56-33-18-29-24(17-30(33)46-37(54)28-3-2-4-34(45-28)39(41,42)43)22-52(48-29)25-7-5-23(6-8-25)21-49-13-15-50(16-14-49)31-10-9-27(40)36-26(31)19-44-20-32(36)51-12-11-35(53)47-38(51)55/h2-4,9-10,17-20,22-23,25H,5-8,11-16,21H2,1H3,(H,46,54)(H,47,53,55). The molecule has 0 radical (unpaired) electrons. The summed E-state index contributed by atoms with van der Waals surface area (Å²) < 4.78 is 62.3. The smallest absolute Gasteiger partial charge is 0.433 e. The number of amides is 4. The van der Waals surface area contributed by atoms with Crippen LogP contribution < -0.4 is 25.2 Å². The SMILES string of the molecule is COc1cc2nn(C3CCC(CN4CCN(c5ccc(F)c6c(N7CCC(=O)NC7=O)cncc56)CC4)CC3)cc2cc1NC(=O)c1cccc(C(F)(F)F)n1. The minimum atomic E-state index is -4.68. The summed E-state index contributed by atoms with van der Waals surface area (Å²) in [7, 11) is 1.44. The first-order valence-electron chi connectivity index (χ1n) is 18.5. The van der Waals surface area contributed by atoms with Crippen LogP contribution in [-0.2, 0) is 11.0 Å². The van der Waals surface area contributed by atoms with Crippen LogP contribution in [0.25, 0.3) is 21.7 Å². The van der Waals surface area contributed by atoms with Crippen molar-refractivity contribution in [2.24, 2.45) is 5.92 Å². The summed E-state index contributed by atoms with van der Waals surface area (Å²) in [5.74, 6) is -0.754. The fourth-order valence-corrected chi connectivity index (χ4v) is 8.05. The van der Waals surface area contributed by atoms with Crippen molar-refractivity contribution in [3.63, 3.8) is 0 Å². The Labute approximate surface area is 318 Å². The Bertz CT molecular complexity index is 2320. The van der Waals surface area contributed by atoms with Crippen molar-refractivity contribution in [2.45, 2.75) is 44.3 Å². The molecule has 2 aliphatic heterocycles. The van der Waals surface area contributed by atoms with E-state index < -0.39 is 29.6 Å². The number of imide groups is 1. The lowest BCUT2D eigenvalue weighted by Crippen LogP contribution is -2.49. The number of pyridine rings is 2. The number of aromatic nitrogens is 4. The van der Waals surface area contributed by atoms with Gasteiger partial charge in [-0.25, -0.2) is 14.2 Å². The molecule has 5 heterocycles. The van der Waals surface area contributed by atoms with Gasteiger partial charge in [-0.1, -0.05) is 6.07 Å². The van der Waals surface area contributed by atoms with E-state index in [2.05, 4.69) is 30.4 Å². The lowest BCUT2D eigenvalue weighted by Gasteiger charge is -2.39. The van der Waals surface area contributed by atoms with Gasteiger partial charge in [0, 0.05) is 86.0 Å². The van der Waals surface area contributed by atoms with Gasteiger partial charge in [-0.3, -0.25) is 34.4 Å². The van der Waals surface area contributed by atoms with Crippen LogP contribution in [0.15, 0.2) is 61.1 Å². The van der Waals surface area contributed by atoms with Gasteiger partial charge in [0.25, 0.3) is 5.91 Å². The number of nitrogens with one attached hydrogen (secondary N) is 2. The first-order chi connectivity index (χ1) is 26.9. The number of hydrogen-bond acceptors (Lipinski definition) is 9. The quantitative estimate of drug-likeness (QED) is 0.172. The number of fused-ring (bicyclic) bond motifs is 2. The van der Waals surface area contributed by atoms with E-state index in [1.165, 1.54) is 30.3 Å². The molecule has 0 bridgehead atoms. The van der Waals surface area contributed by atoms with Crippen LogP contribution in [0.4, 0.5) is 39.4 Å². The van der Waals surface area contributed by atoms with Crippen molar-refractivity contribution in [3.05, 3.63) is 78.3 Å². The zero-order valence-electron chi connectivity index (χ0n) is 30.5. The van der Waals surface area contributed by atoms with E-state index in [9.17, 15) is 27.6 Å². The summed E-state index contributed by atoms with van der Waals surface area (Å²) in [6.07, 6.45) is 4.43. The summed E-state index contributed by atoms with van der Waals surface area (Å²) in [5.41, 5.74) is 0.654. The van der Waals surface area contributed by atoms with E-state index in [1.54, 1.807) is 24.4 Å². The van der Waals surface area contributed by atoms with Crippen LogP contribution in [0.3, 0.4) is 0 Å². The van der Waals surface area contributed by atoms with Crippen molar-refractivity contribution in [3.8, 4) is 5.75 Å². The number of hydrogen-bond donors (Lipinski definition) is 2. The molecule has 13 nitrogen and oxygen atoms in total. The summed E-state index contributed by atoms with van der Waals surface area (Å²) in [6.45, 7) is 4.32. The highest BCUT2D eigenvalue weighted by Gasteiger charge is 2.33. The number of alkyl halides is 3. The molecule has 3 fully saturated rings. The Kier molecular flexibility index (Phi) is 9.94. The minimum absolute atomic E-state index is 0.129. The molecule has 1 aliphatic carbocycles. The van der Waals surface area contributed by atoms with Gasteiger partial charge in [-0.15, -0.1) is 0 Å². The highest BCUT2D eigenvalue weighted by Crippen LogP contribution is 2.38. The Hall–Kier alpha value is -5.84. The molecule has 3 aromatic heterocycles. The molecule has 0 unspecified atom stereocenters. The van der Waals surface area contributed by atoms with Crippen molar-refractivity contribution in [2.75, 3.05) is 61.5 Å². The third-order valence-corrected chi connectivity index (χ3v) is 11.0. The van der Waals surface area contributed by atoms with E-state index >= 15 is 4.39 Å². The minimum Gasteiger partial charge on any atom is -0.494 e. The zero-order valence-corrected chi connectivity index (χ0v) is 30.5. The molecule has 0 atom stereocenters. The molecule has 3 aliphatic rings. The topological polar surface area (TPSA) is 138 Å². The Morgan fingerprint density at radius 3 is 2.50 bits per heavy atom. The van der Waals surface area contributed by atoms with Gasteiger partial charge in [-0.2, -0.15) is 18.3 Å². The Morgan fingerprint density at radius 1 is 0.982 bits per heavy atom. The molecule has 2 saturated heterocycles. The monoisotopic (exact) mass is 773 g/mol. The maximum atomic E-state index is 15.3. The molecule has 2 N–H and O–H groups in total. The van der Waals surface area contributed by atoms with E-state index in [0.29, 0.717) is 39.3 Å². The molecular weight excluding hydrogens is 734 g/mol. The molecule has 5 aromatic rings. The number of rotatable bonds is 8. The van der Waals surface area contributed by atoms with E-state index in [-0.39, 0.29) is 30.6 Å². The lowest BCUT2D eigenvalue weighted by atomic mass is 9.85. The van der Waals surface area contributed by atoms with E-state index in [1.807, 2.05) is 10.9 Å². The molecule has 4 amide bonds. The molecule has 56 heavy (non-hydrogen) atoms. The van der Waals surface area contributed by atoms with Crippen molar-refractivity contribution >= 4 is 56.6 Å². The third-order valence-electron chi connectivity index (χ3n) is 11.0. The number of halogens is 4. The largest absolute Gasteiger partial charge is 0.494 e. The number of carbonyl (C=O) groups is 3. The van der Waals surface area contributed by atoms with Gasteiger partial charge < -0.3 is 15.0 Å². The number of urea groups is 1. The number of benzene rings is 2. The second kappa shape index (κ2) is 15.0. The maximum absolute atomic E-state index is 15.3. The van der Waals surface area contributed by atoms with Gasteiger partial charge >= 0.3 is 12.2 Å². The molecule has 17 heteroatoms. The van der Waals surface area contributed by atoms with Crippen LogP contribution in [0.5, 0.6) is 5.75 Å². The summed E-state index contributed by atoms with van der Waals surface area (Å²) in [6, 6.07) is 9.38. The number of methoxy groups -OCH3 is 1. The second-order valence-corrected chi connectivity index (χ2v) is 14.4. The van der Waals surface area contributed by atoms with Gasteiger partial charge in [0.05, 0.1) is 36.2 Å². The molecule has 1 saturated carbocycles. The first-order valence-corrected chi connectivity index (χ1v) is 18.5. The molecular formula is C39H39F4N9O4. The summed E-state index contributed by atoms with van der Waals surface area (Å²) in [4.78, 5) is 51.1. The highest BCUT2D eigenvalue weighted by molar-refractivity contribution is 6.11. The Balaban J connectivity index is 0.875. The number of ether oxygens (including phenoxy) is 1. The number of piperazine rings is 1. The molecule has 0 spiro atoms. The highest BCUT2D eigenvalue weighted by atomic mass is 19.4. The van der Waals surface area contributed by atoms with Crippen molar-refractivity contribution in [1.29, 1.82) is 0 Å². The Morgan fingerprint density at radius 2 is 1.77 bits per heavy atom. The summed E-state index contributed by atoms with van der Waals surface area (Å²) >= 11 is 0. The van der Waals surface area contributed by atoms with Crippen LogP contribution in [0, 0.1) is 11.7 Å². The first kappa shape index (κ1) is 37.1. The van der Waals surface area contributed by atoms with Crippen LogP contribution in [-0.4, -0.2) is 88.9 Å². The van der Waals surface area contributed by atoms with E-state index in [0.717, 1.165) is 81.6 Å².